The number of amides is 1. The second-order valence-electron chi connectivity index (χ2n) is 7.07. The molecule has 2 aliphatic rings. The highest BCUT2D eigenvalue weighted by molar-refractivity contribution is 7.98. The minimum absolute atomic E-state index is 0.171. The van der Waals surface area contributed by atoms with Gasteiger partial charge in [0, 0.05) is 17.0 Å². The Morgan fingerprint density at radius 3 is 2.83 bits per heavy atom. The smallest absolute Gasteiger partial charge is 0.224 e. The average Bonchev–Trinajstić information content (AvgIpc) is 2.90. The van der Waals surface area contributed by atoms with E-state index in [4.69, 9.17) is 0 Å². The van der Waals surface area contributed by atoms with Crippen LogP contribution in [0.25, 0.3) is 5.52 Å². The molecule has 2 aromatic heterocycles. The van der Waals surface area contributed by atoms with E-state index in [1.54, 1.807) is 11.8 Å². The third-order valence-corrected chi connectivity index (χ3v) is 5.84. The molecule has 6 heteroatoms. The first-order valence-electron chi connectivity index (χ1n) is 8.05. The van der Waals surface area contributed by atoms with Crippen LogP contribution in [0.2, 0.25) is 0 Å². The summed E-state index contributed by atoms with van der Waals surface area (Å²) < 4.78 is 2.08. The molecular formula is C17H22N4OS. The number of thioether (sulfide) groups is 1. The van der Waals surface area contributed by atoms with Gasteiger partial charge in [-0.05, 0) is 57.2 Å². The van der Waals surface area contributed by atoms with Crippen LogP contribution in [-0.2, 0) is 10.3 Å². The van der Waals surface area contributed by atoms with E-state index in [1.165, 1.54) is 4.90 Å². The van der Waals surface area contributed by atoms with Gasteiger partial charge in [0.15, 0.2) is 0 Å². The number of nitrogens with zero attached hydrogens (tertiary/aromatic N) is 2. The van der Waals surface area contributed by atoms with Crippen molar-refractivity contribution >= 4 is 23.2 Å². The third-order valence-electron chi connectivity index (χ3n) is 5.13. The van der Waals surface area contributed by atoms with Gasteiger partial charge in [-0.25, -0.2) is 4.98 Å². The molecule has 1 saturated carbocycles. The molecule has 3 heterocycles. The van der Waals surface area contributed by atoms with Crippen LogP contribution in [0, 0.1) is 17.8 Å². The summed E-state index contributed by atoms with van der Waals surface area (Å²) in [4.78, 5) is 18.4. The highest BCUT2D eigenvalue weighted by Crippen LogP contribution is 2.49. The highest BCUT2D eigenvalue weighted by atomic mass is 32.2. The normalized spacial score (nSPS) is 26.3. The van der Waals surface area contributed by atoms with Crippen molar-refractivity contribution in [2.45, 2.75) is 24.3 Å². The zero-order valence-electron chi connectivity index (χ0n) is 13.7. The summed E-state index contributed by atoms with van der Waals surface area (Å²) in [7, 11) is 0. The van der Waals surface area contributed by atoms with Crippen molar-refractivity contribution in [3.63, 3.8) is 0 Å². The molecule has 5 nitrogen and oxygen atoms in total. The Labute approximate surface area is 140 Å². The fourth-order valence-corrected chi connectivity index (χ4v) is 4.22. The molecule has 122 valence electrons. The predicted molar refractivity (Wildman–Crippen MR) is 91.5 cm³/mol. The van der Waals surface area contributed by atoms with Crippen molar-refractivity contribution in [2.75, 3.05) is 19.3 Å². The molecule has 0 spiro atoms. The molecular weight excluding hydrogens is 308 g/mol. The van der Waals surface area contributed by atoms with E-state index in [9.17, 15) is 4.79 Å². The molecule has 0 bridgehead atoms. The number of pyridine rings is 1. The van der Waals surface area contributed by atoms with Crippen LogP contribution in [0.4, 0.5) is 0 Å². The monoisotopic (exact) mass is 330 g/mol. The molecule has 2 aromatic rings. The number of nitrogens with one attached hydrogen (secondary N) is 2. The lowest BCUT2D eigenvalue weighted by Crippen LogP contribution is -2.44. The first-order chi connectivity index (χ1) is 11.0. The zero-order chi connectivity index (χ0) is 16.2. The molecule has 3 atom stereocenters. The second kappa shape index (κ2) is 5.24. The number of piperidine rings is 1. The summed E-state index contributed by atoms with van der Waals surface area (Å²) in [5.74, 6) is 2.30. The van der Waals surface area contributed by atoms with Gasteiger partial charge in [-0.1, -0.05) is 0 Å². The van der Waals surface area contributed by atoms with E-state index in [0.29, 0.717) is 11.8 Å². The zero-order valence-corrected chi connectivity index (χ0v) is 14.5. The first kappa shape index (κ1) is 15.0. The Bertz CT molecular complexity index is 759. The molecule has 1 saturated heterocycles. The van der Waals surface area contributed by atoms with Crippen LogP contribution >= 0.6 is 11.8 Å². The molecule has 1 aliphatic heterocycles. The predicted octanol–water partition coefficient (Wildman–Crippen LogP) is 1.87. The molecule has 1 aliphatic carbocycles. The number of fused-ring (bicyclic) bond motifs is 2. The van der Waals surface area contributed by atoms with E-state index in [1.807, 2.05) is 20.0 Å². The number of aromatic nitrogens is 2. The van der Waals surface area contributed by atoms with Gasteiger partial charge in [0.05, 0.1) is 17.3 Å². The van der Waals surface area contributed by atoms with Crippen molar-refractivity contribution in [1.29, 1.82) is 0 Å². The Kier molecular flexibility index (Phi) is 3.43. The lowest BCUT2D eigenvalue weighted by atomic mass is 10.0. The lowest BCUT2D eigenvalue weighted by molar-refractivity contribution is -0.124. The maximum absolute atomic E-state index is 12.6. The summed E-state index contributed by atoms with van der Waals surface area (Å²) in [6.07, 6.45) is 6.01. The fourth-order valence-electron chi connectivity index (χ4n) is 3.81. The summed E-state index contributed by atoms with van der Waals surface area (Å²) in [5, 5.41) is 6.56. The SMILES string of the molecule is CSc1ccc2cnc(C(C)(C)NC(=O)C3[C@H]4CNC[C@@H]34)n2c1. The molecule has 0 radical (unpaired) electrons. The van der Waals surface area contributed by atoms with E-state index < -0.39 is 5.54 Å². The number of rotatable bonds is 4. The maximum Gasteiger partial charge on any atom is 0.224 e. The van der Waals surface area contributed by atoms with Gasteiger partial charge in [-0.3, -0.25) is 4.79 Å². The minimum Gasteiger partial charge on any atom is -0.344 e. The summed E-state index contributed by atoms with van der Waals surface area (Å²) in [5.41, 5.74) is 0.554. The highest BCUT2D eigenvalue weighted by Gasteiger charge is 2.57. The number of carbonyl (C=O) groups is 1. The molecule has 1 unspecified atom stereocenters. The van der Waals surface area contributed by atoms with Crippen molar-refractivity contribution in [3.05, 3.63) is 30.4 Å². The molecule has 4 rings (SSSR count). The maximum atomic E-state index is 12.6. The van der Waals surface area contributed by atoms with Gasteiger partial charge in [0.2, 0.25) is 5.91 Å². The van der Waals surface area contributed by atoms with Crippen molar-refractivity contribution in [2.24, 2.45) is 17.8 Å². The molecule has 2 fully saturated rings. The Morgan fingerprint density at radius 2 is 2.13 bits per heavy atom. The Balaban J connectivity index is 1.59. The van der Waals surface area contributed by atoms with Gasteiger partial charge >= 0.3 is 0 Å². The van der Waals surface area contributed by atoms with Crippen molar-refractivity contribution < 1.29 is 4.79 Å². The quantitative estimate of drug-likeness (QED) is 0.841. The van der Waals surface area contributed by atoms with Gasteiger partial charge in [-0.15, -0.1) is 11.8 Å². The van der Waals surface area contributed by atoms with E-state index in [-0.39, 0.29) is 11.8 Å². The fraction of sp³-hybridized carbons (Fsp3) is 0.529. The summed E-state index contributed by atoms with van der Waals surface area (Å²) in [6.45, 7) is 6.02. The average molecular weight is 330 g/mol. The molecule has 23 heavy (non-hydrogen) atoms. The molecule has 2 N–H and O–H groups in total. The van der Waals surface area contributed by atoms with Crippen LogP contribution < -0.4 is 10.6 Å². The van der Waals surface area contributed by atoms with Crippen molar-refractivity contribution in [3.8, 4) is 0 Å². The van der Waals surface area contributed by atoms with Crippen molar-refractivity contribution in [1.82, 2.24) is 20.0 Å². The number of hydrogen-bond donors (Lipinski definition) is 2. The number of carbonyl (C=O) groups excluding carboxylic acids is 1. The van der Waals surface area contributed by atoms with E-state index in [2.05, 4.69) is 44.6 Å². The summed E-state index contributed by atoms with van der Waals surface area (Å²) in [6, 6.07) is 4.16. The number of hydrogen-bond acceptors (Lipinski definition) is 4. The largest absolute Gasteiger partial charge is 0.344 e. The van der Waals surface area contributed by atoms with Gasteiger partial charge in [0.25, 0.3) is 0 Å². The van der Waals surface area contributed by atoms with Crippen LogP contribution in [0.15, 0.2) is 29.4 Å². The second-order valence-corrected chi connectivity index (χ2v) is 7.95. The molecule has 1 amide bonds. The number of imidazole rings is 1. The standard InChI is InChI=1S/C17H22N4OS/c1-17(2,20-15(22)14-12-7-18-8-13(12)14)16-19-6-10-4-5-11(23-3)9-21(10)16/h4-6,9,12-14,18H,7-8H2,1-3H3,(H,20,22)/t12-,13+,14?. The van der Waals surface area contributed by atoms with Gasteiger partial charge in [-0.2, -0.15) is 0 Å². The van der Waals surface area contributed by atoms with Crippen LogP contribution in [0.5, 0.6) is 0 Å². The van der Waals surface area contributed by atoms with E-state index in [0.717, 1.165) is 24.4 Å². The minimum atomic E-state index is -0.495. The van der Waals surface area contributed by atoms with Crippen LogP contribution in [-0.4, -0.2) is 34.6 Å². The third kappa shape index (κ3) is 2.44. The van der Waals surface area contributed by atoms with Gasteiger partial charge < -0.3 is 15.0 Å². The summed E-state index contributed by atoms with van der Waals surface area (Å²) >= 11 is 1.70. The Morgan fingerprint density at radius 1 is 1.39 bits per heavy atom. The lowest BCUT2D eigenvalue weighted by Gasteiger charge is -2.26. The van der Waals surface area contributed by atoms with Crippen LogP contribution in [0.3, 0.4) is 0 Å². The first-order valence-corrected chi connectivity index (χ1v) is 9.28. The topological polar surface area (TPSA) is 58.4 Å². The van der Waals surface area contributed by atoms with Crippen LogP contribution in [0.1, 0.15) is 19.7 Å². The molecule has 0 aromatic carbocycles. The Hall–Kier alpha value is -1.53. The van der Waals surface area contributed by atoms with E-state index >= 15 is 0 Å². The van der Waals surface area contributed by atoms with Gasteiger partial charge in [0.1, 0.15) is 5.82 Å².